The predicted molar refractivity (Wildman–Crippen MR) is 82.4 cm³/mol. The molecular weight excluding hydrogens is 322 g/mol. The van der Waals surface area contributed by atoms with E-state index < -0.39 is 23.2 Å². The van der Waals surface area contributed by atoms with Gasteiger partial charge in [-0.1, -0.05) is 0 Å². The van der Waals surface area contributed by atoms with Crippen LogP contribution in [0.25, 0.3) is 0 Å². The van der Waals surface area contributed by atoms with E-state index in [1.54, 1.807) is 20.8 Å². The first-order valence-electron chi connectivity index (χ1n) is 7.05. The molecule has 1 aliphatic rings. The van der Waals surface area contributed by atoms with Crippen LogP contribution in [0, 0.1) is 0 Å². The first-order chi connectivity index (χ1) is 10.6. The second-order valence-corrected chi connectivity index (χ2v) is 7.24. The summed E-state index contributed by atoms with van der Waals surface area (Å²) in [6.45, 7) is 5.19. The number of carboxylic acids is 1. The SMILES string of the molecule is CC(C)(C)OC(=O)NC1(C(=O)O)CCN(C(=O)c2cncs2)C1. The maximum absolute atomic E-state index is 12.3. The van der Waals surface area contributed by atoms with Gasteiger partial charge in [0.05, 0.1) is 18.3 Å². The van der Waals surface area contributed by atoms with Crippen molar-refractivity contribution in [2.24, 2.45) is 0 Å². The fourth-order valence-corrected chi connectivity index (χ4v) is 2.88. The zero-order valence-corrected chi connectivity index (χ0v) is 14.0. The summed E-state index contributed by atoms with van der Waals surface area (Å²) in [7, 11) is 0. The minimum Gasteiger partial charge on any atom is -0.479 e. The summed E-state index contributed by atoms with van der Waals surface area (Å²) >= 11 is 1.19. The number of ether oxygens (including phenoxy) is 1. The number of aliphatic carboxylic acids is 1. The fraction of sp³-hybridized carbons (Fsp3) is 0.571. The molecule has 0 saturated carbocycles. The van der Waals surface area contributed by atoms with Crippen LogP contribution in [-0.2, 0) is 9.53 Å². The lowest BCUT2D eigenvalue weighted by molar-refractivity contribution is -0.144. The Hall–Kier alpha value is -2.16. The number of carbonyl (C=O) groups excluding carboxylic acids is 2. The first-order valence-corrected chi connectivity index (χ1v) is 7.93. The van der Waals surface area contributed by atoms with E-state index in [2.05, 4.69) is 10.3 Å². The van der Waals surface area contributed by atoms with Crippen molar-refractivity contribution in [3.05, 3.63) is 16.6 Å². The summed E-state index contributed by atoms with van der Waals surface area (Å²) < 4.78 is 5.12. The molecule has 1 aromatic rings. The van der Waals surface area contributed by atoms with Gasteiger partial charge in [-0.3, -0.25) is 9.78 Å². The first kappa shape index (κ1) is 17.2. The maximum Gasteiger partial charge on any atom is 0.408 e. The molecule has 0 radical (unpaired) electrons. The largest absolute Gasteiger partial charge is 0.479 e. The molecule has 126 valence electrons. The number of nitrogens with one attached hydrogen (secondary N) is 1. The smallest absolute Gasteiger partial charge is 0.408 e. The van der Waals surface area contributed by atoms with Crippen LogP contribution in [0.4, 0.5) is 4.79 Å². The molecule has 8 nitrogen and oxygen atoms in total. The molecule has 2 amide bonds. The number of hydrogen-bond donors (Lipinski definition) is 2. The minimum atomic E-state index is -1.54. The monoisotopic (exact) mass is 341 g/mol. The van der Waals surface area contributed by atoms with Gasteiger partial charge in [-0.25, -0.2) is 9.59 Å². The Bertz CT molecular complexity index is 610. The van der Waals surface area contributed by atoms with Crippen molar-refractivity contribution in [2.45, 2.75) is 38.3 Å². The third kappa shape index (κ3) is 3.98. The van der Waals surface area contributed by atoms with Gasteiger partial charge in [-0.2, -0.15) is 0 Å². The maximum atomic E-state index is 12.3. The Morgan fingerprint density at radius 1 is 1.43 bits per heavy atom. The van der Waals surface area contributed by atoms with Gasteiger partial charge in [0, 0.05) is 13.0 Å². The van der Waals surface area contributed by atoms with Crippen LogP contribution in [0.15, 0.2) is 11.7 Å². The van der Waals surface area contributed by atoms with Crippen molar-refractivity contribution >= 4 is 29.3 Å². The second kappa shape index (κ2) is 6.15. The number of rotatable bonds is 3. The molecule has 0 aromatic carbocycles. The number of carboxylic acid groups (broad SMARTS) is 1. The van der Waals surface area contributed by atoms with Gasteiger partial charge >= 0.3 is 12.1 Å². The third-order valence-electron chi connectivity index (χ3n) is 3.35. The van der Waals surface area contributed by atoms with Gasteiger partial charge in [0.25, 0.3) is 5.91 Å². The number of carbonyl (C=O) groups is 3. The highest BCUT2D eigenvalue weighted by Gasteiger charge is 2.48. The lowest BCUT2D eigenvalue weighted by atomic mass is 9.99. The van der Waals surface area contributed by atoms with Crippen molar-refractivity contribution < 1.29 is 24.2 Å². The van der Waals surface area contributed by atoms with Crippen molar-refractivity contribution in [2.75, 3.05) is 13.1 Å². The molecule has 1 atom stereocenters. The van der Waals surface area contributed by atoms with E-state index in [9.17, 15) is 19.5 Å². The second-order valence-electron chi connectivity index (χ2n) is 6.36. The summed E-state index contributed by atoms with van der Waals surface area (Å²) in [6, 6.07) is 0. The van der Waals surface area contributed by atoms with Gasteiger partial charge in [-0.15, -0.1) is 11.3 Å². The Morgan fingerprint density at radius 3 is 2.65 bits per heavy atom. The average Bonchev–Trinajstić information content (AvgIpc) is 3.05. The number of aromatic nitrogens is 1. The van der Waals surface area contributed by atoms with Crippen molar-refractivity contribution in [3.63, 3.8) is 0 Å². The molecule has 23 heavy (non-hydrogen) atoms. The Morgan fingerprint density at radius 2 is 2.13 bits per heavy atom. The number of alkyl carbamates (subject to hydrolysis) is 1. The molecule has 0 bridgehead atoms. The average molecular weight is 341 g/mol. The highest BCUT2D eigenvalue weighted by molar-refractivity contribution is 7.11. The van der Waals surface area contributed by atoms with Crippen LogP contribution in [0.3, 0.4) is 0 Å². The molecule has 2 rings (SSSR count). The van der Waals surface area contributed by atoms with Crippen molar-refractivity contribution in [1.29, 1.82) is 0 Å². The van der Waals surface area contributed by atoms with Gasteiger partial charge < -0.3 is 20.1 Å². The molecular formula is C14H19N3O5S. The van der Waals surface area contributed by atoms with Crippen molar-refractivity contribution in [1.82, 2.24) is 15.2 Å². The molecule has 1 aliphatic heterocycles. The molecule has 1 aromatic heterocycles. The zero-order chi connectivity index (χ0) is 17.3. The van der Waals surface area contributed by atoms with Gasteiger partial charge in [0.15, 0.2) is 5.54 Å². The molecule has 1 saturated heterocycles. The number of likely N-dealkylation sites (tertiary alicyclic amines) is 1. The highest BCUT2D eigenvalue weighted by atomic mass is 32.1. The van der Waals surface area contributed by atoms with Crippen LogP contribution in [0.1, 0.15) is 36.9 Å². The number of nitrogens with zero attached hydrogens (tertiary/aromatic N) is 2. The standard InChI is InChI=1S/C14H19N3O5S/c1-13(2,3)22-12(21)16-14(11(19)20)4-5-17(7-14)10(18)9-6-15-8-23-9/h6,8H,4-5,7H2,1-3H3,(H,16,21)(H,19,20). The molecule has 2 heterocycles. The van der Waals surface area contributed by atoms with E-state index in [1.165, 1.54) is 27.9 Å². The molecule has 9 heteroatoms. The summed E-state index contributed by atoms with van der Waals surface area (Å²) in [5, 5.41) is 11.9. The summed E-state index contributed by atoms with van der Waals surface area (Å²) in [5.41, 5.74) is -0.740. The van der Waals surface area contributed by atoms with E-state index in [1.807, 2.05) is 0 Å². The summed E-state index contributed by atoms with van der Waals surface area (Å²) in [5.74, 6) is -1.48. The van der Waals surface area contributed by atoms with Crippen LogP contribution < -0.4 is 5.32 Å². The molecule has 1 unspecified atom stereocenters. The Labute approximate surface area is 137 Å². The predicted octanol–water partition coefficient (Wildman–Crippen LogP) is 1.34. The molecule has 2 N–H and O–H groups in total. The molecule has 0 spiro atoms. The lowest BCUT2D eigenvalue weighted by Gasteiger charge is -2.28. The number of thiazole rings is 1. The number of amides is 2. The van der Waals surface area contributed by atoms with Gasteiger partial charge in [-0.05, 0) is 20.8 Å². The van der Waals surface area contributed by atoms with E-state index in [0.29, 0.717) is 4.88 Å². The van der Waals surface area contributed by atoms with Gasteiger partial charge in [0.2, 0.25) is 0 Å². The Balaban J connectivity index is 2.10. The van der Waals surface area contributed by atoms with E-state index in [0.717, 1.165) is 0 Å². The van der Waals surface area contributed by atoms with Crippen LogP contribution >= 0.6 is 11.3 Å². The molecule has 0 aliphatic carbocycles. The number of hydrogen-bond acceptors (Lipinski definition) is 6. The van der Waals surface area contributed by atoms with E-state index in [-0.39, 0.29) is 25.4 Å². The minimum absolute atomic E-state index is 0.113. The van der Waals surface area contributed by atoms with Crippen LogP contribution in [0.5, 0.6) is 0 Å². The summed E-state index contributed by atoms with van der Waals surface area (Å²) in [4.78, 5) is 41.6. The lowest BCUT2D eigenvalue weighted by Crippen LogP contribution is -2.57. The van der Waals surface area contributed by atoms with E-state index >= 15 is 0 Å². The third-order valence-corrected chi connectivity index (χ3v) is 4.11. The molecule has 1 fully saturated rings. The Kier molecular flexibility index (Phi) is 4.60. The quantitative estimate of drug-likeness (QED) is 0.859. The fourth-order valence-electron chi connectivity index (χ4n) is 2.29. The topological polar surface area (TPSA) is 109 Å². The zero-order valence-electron chi connectivity index (χ0n) is 13.2. The normalized spacial score (nSPS) is 21.1. The highest BCUT2D eigenvalue weighted by Crippen LogP contribution is 2.25. The van der Waals surface area contributed by atoms with Crippen LogP contribution in [-0.4, -0.2) is 57.2 Å². The van der Waals surface area contributed by atoms with Gasteiger partial charge in [0.1, 0.15) is 10.5 Å². The van der Waals surface area contributed by atoms with E-state index in [4.69, 9.17) is 4.74 Å². The summed E-state index contributed by atoms with van der Waals surface area (Å²) in [6.07, 6.45) is 0.744. The van der Waals surface area contributed by atoms with Crippen molar-refractivity contribution in [3.8, 4) is 0 Å². The van der Waals surface area contributed by atoms with Crippen LogP contribution in [0.2, 0.25) is 0 Å².